The molecule has 0 spiro atoms. The fourth-order valence-corrected chi connectivity index (χ4v) is 2.86. The van der Waals surface area contributed by atoms with Gasteiger partial charge in [0, 0.05) is 6.04 Å². The molecule has 1 aromatic rings. The molecule has 1 aliphatic carbocycles. The molecule has 0 aliphatic heterocycles. The first-order valence-electron chi connectivity index (χ1n) is 6.85. The highest BCUT2D eigenvalue weighted by Crippen LogP contribution is 2.17. The third kappa shape index (κ3) is 4.99. The molecule has 5 heteroatoms. The SMILES string of the molecule is CN(CC(=O)NC1CCCCC1)Cc1ccc(Br)o1. The molecule has 1 amide bonds. The Labute approximate surface area is 122 Å². The normalized spacial score (nSPS) is 16.8. The Hall–Kier alpha value is -0.810. The van der Waals surface area contributed by atoms with Gasteiger partial charge in [0.1, 0.15) is 5.76 Å². The summed E-state index contributed by atoms with van der Waals surface area (Å²) in [4.78, 5) is 13.9. The number of halogens is 1. The van der Waals surface area contributed by atoms with Crippen LogP contribution in [0.4, 0.5) is 0 Å². The standard InChI is InChI=1S/C14H21BrN2O2/c1-17(9-12-7-8-13(15)19-12)10-14(18)16-11-5-3-2-4-6-11/h7-8,11H,2-6,9-10H2,1H3,(H,16,18). The van der Waals surface area contributed by atoms with Crippen LogP contribution in [-0.2, 0) is 11.3 Å². The average molecular weight is 329 g/mol. The molecular weight excluding hydrogens is 308 g/mol. The first-order chi connectivity index (χ1) is 9.13. The second-order valence-electron chi connectivity index (χ2n) is 5.28. The Morgan fingerprint density at radius 3 is 2.79 bits per heavy atom. The Morgan fingerprint density at radius 1 is 1.42 bits per heavy atom. The van der Waals surface area contributed by atoms with Crippen molar-refractivity contribution >= 4 is 21.8 Å². The third-order valence-electron chi connectivity index (χ3n) is 3.44. The van der Waals surface area contributed by atoms with Gasteiger partial charge in [0.15, 0.2) is 4.67 Å². The molecule has 0 unspecified atom stereocenters. The first-order valence-corrected chi connectivity index (χ1v) is 7.65. The lowest BCUT2D eigenvalue weighted by Gasteiger charge is -2.24. The largest absolute Gasteiger partial charge is 0.453 e. The summed E-state index contributed by atoms with van der Waals surface area (Å²) in [5.41, 5.74) is 0. The lowest BCUT2D eigenvalue weighted by molar-refractivity contribution is -0.123. The van der Waals surface area contributed by atoms with E-state index in [0.717, 1.165) is 23.3 Å². The zero-order valence-corrected chi connectivity index (χ0v) is 12.9. The third-order valence-corrected chi connectivity index (χ3v) is 3.86. The molecule has 0 bridgehead atoms. The average Bonchev–Trinajstić information content (AvgIpc) is 2.75. The molecule has 1 fully saturated rings. The van der Waals surface area contributed by atoms with E-state index in [-0.39, 0.29) is 5.91 Å². The van der Waals surface area contributed by atoms with E-state index in [1.54, 1.807) is 0 Å². The van der Waals surface area contributed by atoms with Gasteiger partial charge in [-0.25, -0.2) is 0 Å². The maximum absolute atomic E-state index is 11.9. The van der Waals surface area contributed by atoms with Crippen LogP contribution in [0.15, 0.2) is 21.2 Å². The van der Waals surface area contributed by atoms with Crippen LogP contribution in [0.2, 0.25) is 0 Å². The fraction of sp³-hybridized carbons (Fsp3) is 0.643. The van der Waals surface area contributed by atoms with Gasteiger partial charge in [-0.15, -0.1) is 0 Å². The summed E-state index contributed by atoms with van der Waals surface area (Å²) < 4.78 is 6.15. The van der Waals surface area contributed by atoms with E-state index < -0.39 is 0 Å². The van der Waals surface area contributed by atoms with Crippen molar-refractivity contribution in [3.8, 4) is 0 Å². The molecule has 0 radical (unpaired) electrons. The van der Waals surface area contributed by atoms with Crippen molar-refractivity contribution in [2.75, 3.05) is 13.6 Å². The molecule has 1 heterocycles. The smallest absolute Gasteiger partial charge is 0.234 e. The van der Waals surface area contributed by atoms with Crippen molar-refractivity contribution in [1.29, 1.82) is 0 Å². The number of furan rings is 1. The lowest BCUT2D eigenvalue weighted by atomic mass is 9.95. The summed E-state index contributed by atoms with van der Waals surface area (Å²) in [5.74, 6) is 0.972. The van der Waals surface area contributed by atoms with Crippen LogP contribution in [0.5, 0.6) is 0 Å². The highest BCUT2D eigenvalue weighted by atomic mass is 79.9. The number of likely N-dealkylation sites (N-methyl/N-ethyl adjacent to an activating group) is 1. The molecule has 1 N–H and O–H groups in total. The fourth-order valence-electron chi connectivity index (χ4n) is 2.52. The van der Waals surface area contributed by atoms with Crippen LogP contribution in [0.1, 0.15) is 37.9 Å². The molecule has 0 aromatic carbocycles. The number of nitrogens with zero attached hydrogens (tertiary/aromatic N) is 1. The van der Waals surface area contributed by atoms with E-state index in [9.17, 15) is 4.79 Å². The van der Waals surface area contributed by atoms with Crippen molar-refractivity contribution in [1.82, 2.24) is 10.2 Å². The Balaban J connectivity index is 1.71. The number of rotatable bonds is 5. The van der Waals surface area contributed by atoms with Gasteiger partial charge >= 0.3 is 0 Å². The number of carbonyl (C=O) groups excluding carboxylic acids is 1. The second kappa shape index (κ2) is 7.10. The van der Waals surface area contributed by atoms with E-state index in [1.807, 2.05) is 24.1 Å². The summed E-state index contributed by atoms with van der Waals surface area (Å²) in [6, 6.07) is 4.16. The Kier molecular flexibility index (Phi) is 5.45. The maximum Gasteiger partial charge on any atom is 0.234 e. The minimum atomic E-state index is 0.111. The zero-order valence-electron chi connectivity index (χ0n) is 11.3. The van der Waals surface area contributed by atoms with E-state index in [1.165, 1.54) is 19.3 Å². The van der Waals surface area contributed by atoms with Crippen LogP contribution in [0, 0.1) is 0 Å². The predicted molar refractivity (Wildman–Crippen MR) is 77.8 cm³/mol. The summed E-state index contributed by atoms with van der Waals surface area (Å²) in [5, 5.41) is 3.12. The minimum Gasteiger partial charge on any atom is -0.453 e. The molecule has 4 nitrogen and oxygen atoms in total. The van der Waals surface area contributed by atoms with E-state index in [2.05, 4.69) is 21.2 Å². The van der Waals surface area contributed by atoms with Crippen molar-refractivity contribution in [2.24, 2.45) is 0 Å². The summed E-state index contributed by atoms with van der Waals surface area (Å²) in [6.07, 6.45) is 6.03. The van der Waals surface area contributed by atoms with E-state index >= 15 is 0 Å². The molecule has 2 rings (SSSR count). The van der Waals surface area contributed by atoms with Gasteiger partial charge in [0.25, 0.3) is 0 Å². The van der Waals surface area contributed by atoms with Crippen LogP contribution < -0.4 is 5.32 Å². The Bertz CT molecular complexity index is 413. The minimum absolute atomic E-state index is 0.111. The number of amides is 1. The lowest BCUT2D eigenvalue weighted by Crippen LogP contribution is -2.41. The van der Waals surface area contributed by atoms with Gasteiger partial charge < -0.3 is 9.73 Å². The van der Waals surface area contributed by atoms with Gasteiger partial charge in [-0.3, -0.25) is 9.69 Å². The maximum atomic E-state index is 11.9. The molecule has 1 aromatic heterocycles. The topological polar surface area (TPSA) is 45.5 Å². The van der Waals surface area contributed by atoms with Gasteiger partial charge in [-0.1, -0.05) is 19.3 Å². The highest BCUT2D eigenvalue weighted by molar-refractivity contribution is 9.10. The summed E-state index contributed by atoms with van der Waals surface area (Å²) >= 11 is 3.27. The van der Waals surface area contributed by atoms with Crippen LogP contribution in [0.3, 0.4) is 0 Å². The van der Waals surface area contributed by atoms with Crippen molar-refractivity contribution in [3.05, 3.63) is 22.6 Å². The van der Waals surface area contributed by atoms with Crippen molar-refractivity contribution < 1.29 is 9.21 Å². The Morgan fingerprint density at radius 2 is 2.16 bits per heavy atom. The molecule has 0 saturated heterocycles. The van der Waals surface area contributed by atoms with Crippen molar-refractivity contribution in [3.63, 3.8) is 0 Å². The molecule has 1 saturated carbocycles. The van der Waals surface area contributed by atoms with E-state index in [0.29, 0.717) is 19.1 Å². The van der Waals surface area contributed by atoms with Gasteiger partial charge in [0.2, 0.25) is 5.91 Å². The van der Waals surface area contributed by atoms with Gasteiger partial charge in [-0.05, 0) is 48.0 Å². The molecule has 19 heavy (non-hydrogen) atoms. The summed E-state index contributed by atoms with van der Waals surface area (Å²) in [7, 11) is 1.93. The van der Waals surface area contributed by atoms with Crippen LogP contribution >= 0.6 is 15.9 Å². The van der Waals surface area contributed by atoms with E-state index in [4.69, 9.17) is 4.42 Å². The van der Waals surface area contributed by atoms with Crippen molar-refractivity contribution in [2.45, 2.75) is 44.7 Å². The highest BCUT2D eigenvalue weighted by Gasteiger charge is 2.16. The second-order valence-corrected chi connectivity index (χ2v) is 6.06. The number of hydrogen-bond donors (Lipinski definition) is 1. The number of carbonyl (C=O) groups is 1. The van der Waals surface area contributed by atoms with Gasteiger partial charge in [-0.2, -0.15) is 0 Å². The molecule has 106 valence electrons. The summed E-state index contributed by atoms with van der Waals surface area (Å²) in [6.45, 7) is 1.05. The van der Waals surface area contributed by atoms with Crippen LogP contribution in [0.25, 0.3) is 0 Å². The monoisotopic (exact) mass is 328 g/mol. The number of nitrogens with one attached hydrogen (secondary N) is 1. The molecular formula is C14H21BrN2O2. The van der Waals surface area contributed by atoms with Gasteiger partial charge in [0.05, 0.1) is 13.1 Å². The predicted octanol–water partition coefficient (Wildman–Crippen LogP) is 2.92. The first kappa shape index (κ1) is 14.6. The zero-order chi connectivity index (χ0) is 13.7. The molecule has 0 atom stereocenters. The quantitative estimate of drug-likeness (QED) is 0.903. The number of hydrogen-bond acceptors (Lipinski definition) is 3. The molecule has 1 aliphatic rings. The van der Waals surface area contributed by atoms with Crippen LogP contribution in [-0.4, -0.2) is 30.4 Å².